The summed E-state index contributed by atoms with van der Waals surface area (Å²) in [5, 5.41) is 2.85. The average molecular weight is 238 g/mol. The Kier molecular flexibility index (Phi) is 5.10. The number of rotatable bonds is 5. The Bertz CT molecular complexity index is 381. The maximum atomic E-state index is 13.0. The van der Waals surface area contributed by atoms with Crippen molar-refractivity contribution in [3.05, 3.63) is 35.6 Å². The second-order valence-corrected chi connectivity index (χ2v) is 4.26. The van der Waals surface area contributed by atoms with Crippen molar-refractivity contribution in [2.24, 2.45) is 11.7 Å². The molecule has 0 aliphatic carbocycles. The smallest absolute Gasteiger partial charge is 0.223 e. The van der Waals surface area contributed by atoms with Gasteiger partial charge in [-0.05, 0) is 37.6 Å². The van der Waals surface area contributed by atoms with Crippen molar-refractivity contribution in [1.82, 2.24) is 5.32 Å². The van der Waals surface area contributed by atoms with Gasteiger partial charge >= 0.3 is 0 Å². The lowest BCUT2D eigenvalue weighted by atomic mass is 10.0. The average Bonchev–Trinajstić information content (AvgIpc) is 2.29. The summed E-state index contributed by atoms with van der Waals surface area (Å²) in [6.45, 7) is 4.16. The van der Waals surface area contributed by atoms with Gasteiger partial charge in [0, 0.05) is 5.92 Å². The molecular formula is C13H19FN2O. The number of hydrogen-bond acceptors (Lipinski definition) is 2. The predicted molar refractivity (Wildman–Crippen MR) is 65.8 cm³/mol. The largest absolute Gasteiger partial charge is 0.349 e. The van der Waals surface area contributed by atoms with Crippen LogP contribution in [0.5, 0.6) is 0 Å². The van der Waals surface area contributed by atoms with Crippen molar-refractivity contribution in [2.75, 3.05) is 6.54 Å². The number of hydrogen-bond donors (Lipinski definition) is 2. The zero-order valence-electron chi connectivity index (χ0n) is 10.2. The van der Waals surface area contributed by atoms with Crippen molar-refractivity contribution >= 4 is 5.91 Å². The van der Waals surface area contributed by atoms with E-state index in [0.29, 0.717) is 13.0 Å². The summed E-state index contributed by atoms with van der Waals surface area (Å²) in [5.41, 5.74) is 6.16. The lowest BCUT2D eigenvalue weighted by molar-refractivity contribution is -0.125. The molecule has 1 amide bonds. The highest BCUT2D eigenvalue weighted by atomic mass is 19.1. The summed E-state index contributed by atoms with van der Waals surface area (Å²) in [4.78, 5) is 11.7. The first-order valence-corrected chi connectivity index (χ1v) is 5.80. The number of amides is 1. The first-order valence-electron chi connectivity index (χ1n) is 5.80. The molecule has 1 aromatic carbocycles. The van der Waals surface area contributed by atoms with Crippen LogP contribution < -0.4 is 11.1 Å². The van der Waals surface area contributed by atoms with Crippen LogP contribution in [0, 0.1) is 11.7 Å². The maximum absolute atomic E-state index is 13.0. The molecule has 0 heterocycles. The van der Waals surface area contributed by atoms with E-state index in [1.165, 1.54) is 12.1 Å². The molecule has 1 aromatic rings. The molecule has 0 radical (unpaired) electrons. The predicted octanol–water partition coefficient (Wildman–Crippen LogP) is 1.99. The quantitative estimate of drug-likeness (QED) is 0.824. The summed E-state index contributed by atoms with van der Waals surface area (Å²) < 4.78 is 13.0. The van der Waals surface area contributed by atoms with E-state index in [1.54, 1.807) is 12.1 Å². The highest BCUT2D eigenvalue weighted by Gasteiger charge is 2.15. The van der Waals surface area contributed by atoms with Crippen molar-refractivity contribution < 1.29 is 9.18 Å². The summed E-state index contributed by atoms with van der Waals surface area (Å²) >= 11 is 0. The van der Waals surface area contributed by atoms with E-state index >= 15 is 0 Å². The molecule has 1 rings (SSSR count). The minimum Gasteiger partial charge on any atom is -0.349 e. The Balaban J connectivity index is 2.60. The molecule has 3 nitrogen and oxygen atoms in total. The van der Waals surface area contributed by atoms with E-state index in [9.17, 15) is 9.18 Å². The molecule has 0 aliphatic rings. The summed E-state index contributed by atoms with van der Waals surface area (Å²) in [6.07, 6.45) is 0.654. The van der Waals surface area contributed by atoms with Gasteiger partial charge in [0.15, 0.2) is 0 Å². The van der Waals surface area contributed by atoms with Crippen LogP contribution in [0.25, 0.3) is 0 Å². The van der Waals surface area contributed by atoms with Gasteiger partial charge < -0.3 is 11.1 Å². The molecule has 94 valence electrons. The van der Waals surface area contributed by atoms with Crippen molar-refractivity contribution in [3.63, 3.8) is 0 Å². The number of nitrogens with one attached hydrogen (secondary N) is 1. The first kappa shape index (κ1) is 13.6. The second kappa shape index (κ2) is 6.35. The minimum absolute atomic E-state index is 0.0489. The van der Waals surface area contributed by atoms with Crippen LogP contribution in [0.15, 0.2) is 24.3 Å². The molecule has 0 aromatic heterocycles. The molecule has 1 unspecified atom stereocenters. The van der Waals surface area contributed by atoms with Gasteiger partial charge in [-0.3, -0.25) is 4.79 Å². The van der Waals surface area contributed by atoms with E-state index < -0.39 is 0 Å². The minimum atomic E-state index is -0.293. The molecule has 2 atom stereocenters. The molecule has 4 heteroatoms. The fraction of sp³-hybridized carbons (Fsp3) is 0.462. The van der Waals surface area contributed by atoms with E-state index in [4.69, 9.17) is 5.73 Å². The van der Waals surface area contributed by atoms with Crippen molar-refractivity contribution in [2.45, 2.75) is 26.3 Å². The van der Waals surface area contributed by atoms with E-state index in [2.05, 4.69) is 5.32 Å². The molecular weight excluding hydrogens is 219 g/mol. The SMILES string of the molecule is CC(CCN)C(=O)N[C@@H](C)c1cccc(F)c1. The standard InChI is InChI=1S/C13H19FN2O/c1-9(6-7-15)13(17)16-10(2)11-4-3-5-12(14)8-11/h3-5,8-10H,6-7,15H2,1-2H3,(H,16,17)/t9?,10-/m0/s1. The van der Waals surface area contributed by atoms with Crippen LogP contribution in [0.3, 0.4) is 0 Å². The summed E-state index contributed by atoms with van der Waals surface area (Å²) in [5.74, 6) is -0.457. The molecule has 17 heavy (non-hydrogen) atoms. The van der Waals surface area contributed by atoms with Gasteiger partial charge in [-0.15, -0.1) is 0 Å². The van der Waals surface area contributed by atoms with Crippen LogP contribution in [0.2, 0.25) is 0 Å². The highest BCUT2D eigenvalue weighted by molar-refractivity contribution is 5.78. The van der Waals surface area contributed by atoms with E-state index in [0.717, 1.165) is 5.56 Å². The summed E-state index contributed by atoms with van der Waals surface area (Å²) in [7, 11) is 0. The zero-order valence-corrected chi connectivity index (χ0v) is 10.2. The third kappa shape index (κ3) is 4.15. The number of benzene rings is 1. The number of carbonyl (C=O) groups excluding carboxylic acids is 1. The van der Waals surface area contributed by atoms with Crippen LogP contribution in [0.4, 0.5) is 4.39 Å². The number of halogens is 1. The topological polar surface area (TPSA) is 55.1 Å². The van der Waals surface area contributed by atoms with Gasteiger partial charge in [0.1, 0.15) is 5.82 Å². The Labute approximate surface area is 101 Å². The molecule has 0 fully saturated rings. The van der Waals surface area contributed by atoms with E-state index in [1.807, 2.05) is 13.8 Å². The first-order chi connectivity index (χ1) is 8.04. The lowest BCUT2D eigenvalue weighted by Crippen LogP contribution is -2.32. The lowest BCUT2D eigenvalue weighted by Gasteiger charge is -2.17. The zero-order chi connectivity index (χ0) is 12.8. The molecule has 0 bridgehead atoms. The van der Waals surface area contributed by atoms with Crippen molar-refractivity contribution in [3.8, 4) is 0 Å². The molecule has 3 N–H and O–H groups in total. The maximum Gasteiger partial charge on any atom is 0.223 e. The normalized spacial score (nSPS) is 14.1. The Hall–Kier alpha value is -1.42. The Morgan fingerprint density at radius 2 is 2.18 bits per heavy atom. The third-order valence-corrected chi connectivity index (χ3v) is 2.75. The van der Waals surface area contributed by atoms with Gasteiger partial charge in [0.05, 0.1) is 6.04 Å². The molecule has 0 spiro atoms. The van der Waals surface area contributed by atoms with Crippen LogP contribution in [-0.2, 0) is 4.79 Å². The van der Waals surface area contributed by atoms with Gasteiger partial charge in [-0.1, -0.05) is 19.1 Å². The molecule has 0 saturated carbocycles. The molecule has 0 aliphatic heterocycles. The van der Waals surface area contributed by atoms with Gasteiger partial charge in [-0.2, -0.15) is 0 Å². The number of nitrogens with two attached hydrogens (primary N) is 1. The van der Waals surface area contributed by atoms with Gasteiger partial charge in [0.2, 0.25) is 5.91 Å². The fourth-order valence-electron chi connectivity index (χ4n) is 1.60. The highest BCUT2D eigenvalue weighted by Crippen LogP contribution is 2.14. The van der Waals surface area contributed by atoms with Crippen LogP contribution in [0.1, 0.15) is 31.9 Å². The monoisotopic (exact) mass is 238 g/mol. The number of carbonyl (C=O) groups is 1. The van der Waals surface area contributed by atoms with Gasteiger partial charge in [-0.25, -0.2) is 4.39 Å². The van der Waals surface area contributed by atoms with Gasteiger partial charge in [0.25, 0.3) is 0 Å². The fourth-order valence-corrected chi connectivity index (χ4v) is 1.60. The Morgan fingerprint density at radius 1 is 1.47 bits per heavy atom. The van der Waals surface area contributed by atoms with Crippen LogP contribution >= 0.6 is 0 Å². The van der Waals surface area contributed by atoms with E-state index in [-0.39, 0.29) is 23.7 Å². The van der Waals surface area contributed by atoms with Crippen molar-refractivity contribution in [1.29, 1.82) is 0 Å². The second-order valence-electron chi connectivity index (χ2n) is 4.26. The third-order valence-electron chi connectivity index (χ3n) is 2.75. The Morgan fingerprint density at radius 3 is 2.76 bits per heavy atom. The molecule has 0 saturated heterocycles. The van der Waals surface area contributed by atoms with Crippen LogP contribution in [-0.4, -0.2) is 12.5 Å². The summed E-state index contributed by atoms with van der Waals surface area (Å²) in [6, 6.07) is 6.05.